The van der Waals surface area contributed by atoms with Gasteiger partial charge < -0.3 is 5.32 Å². The van der Waals surface area contributed by atoms with E-state index in [2.05, 4.69) is 21.2 Å². The molecule has 2 aromatic carbocycles. The van der Waals surface area contributed by atoms with Crippen molar-refractivity contribution in [3.63, 3.8) is 0 Å². The number of benzene rings is 2. The van der Waals surface area contributed by atoms with Crippen LogP contribution in [-0.4, -0.2) is 6.54 Å². The molecule has 2 rings (SSSR count). The Bertz CT molecular complexity index is 596. The van der Waals surface area contributed by atoms with Gasteiger partial charge in [0.1, 0.15) is 17.5 Å². The Morgan fingerprint density at radius 3 is 2.25 bits per heavy atom. The smallest absolute Gasteiger partial charge is 0.126 e. The van der Waals surface area contributed by atoms with Crippen LogP contribution in [0.2, 0.25) is 0 Å². The Morgan fingerprint density at radius 1 is 1.00 bits per heavy atom. The first-order valence-corrected chi connectivity index (χ1v) is 6.95. The SMILES string of the molecule is CCNC(c1cc(F)cc(F)c1)c1cc(F)ccc1Br. The van der Waals surface area contributed by atoms with Crippen LogP contribution >= 0.6 is 15.9 Å². The van der Waals surface area contributed by atoms with Crippen molar-refractivity contribution in [1.29, 1.82) is 0 Å². The van der Waals surface area contributed by atoms with E-state index < -0.39 is 23.5 Å². The predicted molar refractivity (Wildman–Crippen MR) is 76.0 cm³/mol. The number of hydrogen-bond donors (Lipinski definition) is 1. The monoisotopic (exact) mass is 343 g/mol. The molecule has 0 aliphatic heterocycles. The maximum Gasteiger partial charge on any atom is 0.126 e. The molecule has 0 saturated heterocycles. The first-order valence-electron chi connectivity index (χ1n) is 6.15. The lowest BCUT2D eigenvalue weighted by Crippen LogP contribution is -2.22. The number of hydrogen-bond acceptors (Lipinski definition) is 1. The molecule has 0 aliphatic rings. The second kappa shape index (κ2) is 6.41. The van der Waals surface area contributed by atoms with Crippen molar-refractivity contribution in [2.75, 3.05) is 6.54 Å². The van der Waals surface area contributed by atoms with Crippen molar-refractivity contribution < 1.29 is 13.2 Å². The van der Waals surface area contributed by atoms with Gasteiger partial charge in [0, 0.05) is 10.5 Å². The molecule has 0 heterocycles. The van der Waals surface area contributed by atoms with Gasteiger partial charge in [0.15, 0.2) is 0 Å². The van der Waals surface area contributed by atoms with Crippen molar-refractivity contribution in [1.82, 2.24) is 5.32 Å². The molecule has 0 saturated carbocycles. The van der Waals surface area contributed by atoms with Gasteiger partial charge >= 0.3 is 0 Å². The van der Waals surface area contributed by atoms with E-state index in [9.17, 15) is 13.2 Å². The summed E-state index contributed by atoms with van der Waals surface area (Å²) >= 11 is 3.34. The highest BCUT2D eigenvalue weighted by Gasteiger charge is 2.18. The second-order valence-corrected chi connectivity index (χ2v) is 5.21. The minimum absolute atomic E-state index is 0.400. The summed E-state index contributed by atoms with van der Waals surface area (Å²) in [5.74, 6) is -1.71. The lowest BCUT2D eigenvalue weighted by Gasteiger charge is -2.20. The van der Waals surface area contributed by atoms with Gasteiger partial charge in [-0.1, -0.05) is 22.9 Å². The maximum absolute atomic E-state index is 13.4. The molecule has 1 atom stereocenters. The lowest BCUT2D eigenvalue weighted by molar-refractivity contribution is 0.562. The van der Waals surface area contributed by atoms with Gasteiger partial charge in [0.25, 0.3) is 0 Å². The minimum Gasteiger partial charge on any atom is -0.306 e. The molecule has 1 N–H and O–H groups in total. The summed E-state index contributed by atoms with van der Waals surface area (Å²) in [5, 5.41) is 3.11. The molecule has 0 bridgehead atoms. The third-order valence-electron chi connectivity index (χ3n) is 2.90. The summed E-state index contributed by atoms with van der Waals surface area (Å²) in [6.07, 6.45) is 0. The van der Waals surface area contributed by atoms with E-state index in [4.69, 9.17) is 0 Å². The Labute approximate surface area is 123 Å². The Kier molecular flexibility index (Phi) is 4.83. The molecule has 0 fully saturated rings. The number of nitrogens with one attached hydrogen (secondary N) is 1. The van der Waals surface area contributed by atoms with E-state index in [-0.39, 0.29) is 0 Å². The average molecular weight is 344 g/mol. The summed E-state index contributed by atoms with van der Waals surface area (Å²) in [6, 6.07) is 7.05. The lowest BCUT2D eigenvalue weighted by atomic mass is 9.98. The van der Waals surface area contributed by atoms with Crippen LogP contribution in [0, 0.1) is 17.5 Å². The van der Waals surface area contributed by atoms with E-state index in [1.54, 1.807) is 6.07 Å². The van der Waals surface area contributed by atoms with Crippen LogP contribution < -0.4 is 5.32 Å². The van der Waals surface area contributed by atoms with Gasteiger partial charge in [0.2, 0.25) is 0 Å². The fourth-order valence-corrected chi connectivity index (χ4v) is 2.56. The molecule has 1 nitrogen and oxygen atoms in total. The van der Waals surface area contributed by atoms with E-state index in [0.29, 0.717) is 22.1 Å². The van der Waals surface area contributed by atoms with Crippen LogP contribution in [0.25, 0.3) is 0 Å². The second-order valence-electron chi connectivity index (χ2n) is 4.36. The highest BCUT2D eigenvalue weighted by atomic mass is 79.9. The molecule has 106 valence electrons. The van der Waals surface area contributed by atoms with Crippen LogP contribution in [0.15, 0.2) is 40.9 Å². The molecule has 20 heavy (non-hydrogen) atoms. The summed E-state index contributed by atoms with van der Waals surface area (Å²) < 4.78 is 40.8. The first kappa shape index (κ1) is 15.1. The van der Waals surface area contributed by atoms with Gasteiger partial charge in [-0.15, -0.1) is 0 Å². The molecule has 0 aliphatic carbocycles. The largest absolute Gasteiger partial charge is 0.306 e. The van der Waals surface area contributed by atoms with Crippen LogP contribution in [0.4, 0.5) is 13.2 Å². The van der Waals surface area contributed by atoms with Crippen molar-refractivity contribution in [2.45, 2.75) is 13.0 Å². The van der Waals surface area contributed by atoms with Crippen LogP contribution in [0.3, 0.4) is 0 Å². The average Bonchev–Trinajstić information content (AvgIpc) is 2.38. The zero-order chi connectivity index (χ0) is 14.7. The molecule has 0 aromatic heterocycles. The Balaban J connectivity index is 2.52. The predicted octanol–water partition coefficient (Wildman–Crippen LogP) is 4.57. The summed E-state index contributed by atoms with van der Waals surface area (Å²) in [6.45, 7) is 2.45. The van der Waals surface area contributed by atoms with Crippen molar-refractivity contribution >= 4 is 15.9 Å². The fourth-order valence-electron chi connectivity index (χ4n) is 2.09. The Hall–Kier alpha value is -1.33. The maximum atomic E-state index is 13.4. The summed E-state index contributed by atoms with van der Waals surface area (Å²) in [5.41, 5.74) is 1.01. The van der Waals surface area contributed by atoms with E-state index in [0.717, 1.165) is 6.07 Å². The van der Waals surface area contributed by atoms with Crippen molar-refractivity contribution in [3.8, 4) is 0 Å². The van der Waals surface area contributed by atoms with Crippen LogP contribution in [0.5, 0.6) is 0 Å². The Morgan fingerprint density at radius 2 is 1.65 bits per heavy atom. The molecular weight excluding hydrogens is 331 g/mol. The quantitative estimate of drug-likeness (QED) is 0.857. The summed E-state index contributed by atoms with van der Waals surface area (Å²) in [4.78, 5) is 0. The topological polar surface area (TPSA) is 12.0 Å². The van der Waals surface area contributed by atoms with Gasteiger partial charge in [-0.25, -0.2) is 13.2 Å². The van der Waals surface area contributed by atoms with E-state index in [1.165, 1.54) is 24.3 Å². The molecule has 1 unspecified atom stereocenters. The highest BCUT2D eigenvalue weighted by Crippen LogP contribution is 2.30. The van der Waals surface area contributed by atoms with Crippen LogP contribution in [-0.2, 0) is 0 Å². The zero-order valence-electron chi connectivity index (χ0n) is 10.8. The molecule has 0 spiro atoms. The number of halogens is 4. The molecular formula is C15H13BrF3N. The van der Waals surface area contributed by atoms with Crippen molar-refractivity contribution in [3.05, 3.63) is 69.4 Å². The molecule has 2 aromatic rings. The molecule has 0 radical (unpaired) electrons. The van der Waals surface area contributed by atoms with Gasteiger partial charge in [0.05, 0.1) is 6.04 Å². The highest BCUT2D eigenvalue weighted by molar-refractivity contribution is 9.10. The molecule has 0 amide bonds. The first-order chi connectivity index (χ1) is 9.51. The van der Waals surface area contributed by atoms with Gasteiger partial charge in [-0.05, 0) is 48.0 Å². The molecule has 5 heteroatoms. The van der Waals surface area contributed by atoms with Crippen LogP contribution in [0.1, 0.15) is 24.1 Å². The minimum atomic E-state index is -0.657. The number of rotatable bonds is 4. The van der Waals surface area contributed by atoms with Gasteiger partial charge in [-0.2, -0.15) is 0 Å². The van der Waals surface area contributed by atoms with Crippen molar-refractivity contribution in [2.24, 2.45) is 0 Å². The van der Waals surface area contributed by atoms with E-state index in [1.807, 2.05) is 6.92 Å². The summed E-state index contributed by atoms with van der Waals surface area (Å²) in [7, 11) is 0. The zero-order valence-corrected chi connectivity index (χ0v) is 12.3. The third kappa shape index (κ3) is 3.41. The fraction of sp³-hybridized carbons (Fsp3) is 0.200. The standard InChI is InChI=1S/C15H13BrF3N/c1-2-20-15(9-5-11(18)7-12(19)6-9)13-8-10(17)3-4-14(13)16/h3-8,15,20H,2H2,1H3. The van der Waals surface area contributed by atoms with E-state index >= 15 is 0 Å². The third-order valence-corrected chi connectivity index (χ3v) is 3.62. The van der Waals surface area contributed by atoms with Gasteiger partial charge in [-0.3, -0.25) is 0 Å². The normalized spacial score (nSPS) is 12.4.